The van der Waals surface area contributed by atoms with Crippen molar-refractivity contribution in [1.82, 2.24) is 9.97 Å². The van der Waals surface area contributed by atoms with Crippen molar-refractivity contribution in [2.75, 3.05) is 19.0 Å². The van der Waals surface area contributed by atoms with Crippen molar-refractivity contribution in [3.8, 4) is 0 Å². The molecule has 0 bridgehead atoms. The van der Waals surface area contributed by atoms with Gasteiger partial charge in [0.15, 0.2) is 0 Å². The predicted octanol–water partition coefficient (Wildman–Crippen LogP) is 2.17. The molecule has 2 N–H and O–H groups in total. The van der Waals surface area contributed by atoms with Gasteiger partial charge in [-0.25, -0.2) is 4.98 Å². The molecule has 0 saturated carbocycles. The zero-order valence-corrected chi connectivity index (χ0v) is 10.8. The van der Waals surface area contributed by atoms with E-state index in [1.54, 1.807) is 13.3 Å². The summed E-state index contributed by atoms with van der Waals surface area (Å²) in [7, 11) is 1.59. The van der Waals surface area contributed by atoms with Crippen molar-refractivity contribution in [3.05, 3.63) is 24.5 Å². The molecule has 0 aliphatic carbocycles. The highest BCUT2D eigenvalue weighted by Gasteiger charge is 2.27. The lowest BCUT2D eigenvalue weighted by Gasteiger charge is -2.22. The number of carbonyl (C=O) groups excluding carboxylic acids is 1. The van der Waals surface area contributed by atoms with Crippen LogP contribution in [0.25, 0.3) is 11.0 Å². The summed E-state index contributed by atoms with van der Waals surface area (Å²) in [4.78, 5) is 19.3. The number of aromatic nitrogens is 2. The van der Waals surface area contributed by atoms with E-state index in [4.69, 9.17) is 4.74 Å². The summed E-state index contributed by atoms with van der Waals surface area (Å²) in [5.41, 5.74) is 0.933. The van der Waals surface area contributed by atoms with Gasteiger partial charge in [0.05, 0.1) is 23.9 Å². The number of ether oxygens (including phenoxy) is 1. The Morgan fingerprint density at radius 3 is 3.06 bits per heavy atom. The third kappa shape index (κ3) is 2.51. The Bertz CT molecular complexity index is 560. The van der Waals surface area contributed by atoms with Gasteiger partial charge in [-0.2, -0.15) is 0 Å². The number of fused-ring (bicyclic) bond motifs is 1. The number of hydrogen-bond acceptors (Lipinski definition) is 3. The molecule has 0 radical (unpaired) electrons. The molecule has 0 aromatic carbocycles. The number of anilines is 1. The minimum absolute atomic E-state index is 0.0824. The van der Waals surface area contributed by atoms with E-state index in [-0.39, 0.29) is 5.91 Å². The Kier molecular flexibility index (Phi) is 3.34. The number of methoxy groups -OCH3 is 1. The SMILES string of the molecule is COCC(C)(C)C(=O)Nc1cnc2[nH]ccc2c1. The maximum Gasteiger partial charge on any atom is 0.232 e. The minimum atomic E-state index is -0.568. The van der Waals surface area contributed by atoms with Crippen molar-refractivity contribution >= 4 is 22.6 Å². The average molecular weight is 247 g/mol. The first-order valence-electron chi connectivity index (χ1n) is 5.76. The van der Waals surface area contributed by atoms with Gasteiger partial charge in [-0.3, -0.25) is 4.79 Å². The zero-order valence-electron chi connectivity index (χ0n) is 10.8. The average Bonchev–Trinajstić information content (AvgIpc) is 2.76. The fourth-order valence-electron chi connectivity index (χ4n) is 1.73. The van der Waals surface area contributed by atoms with Crippen LogP contribution in [-0.2, 0) is 9.53 Å². The fourth-order valence-corrected chi connectivity index (χ4v) is 1.73. The smallest absolute Gasteiger partial charge is 0.232 e. The van der Waals surface area contributed by atoms with Crippen molar-refractivity contribution in [1.29, 1.82) is 0 Å². The molecule has 18 heavy (non-hydrogen) atoms. The Morgan fingerprint density at radius 2 is 2.33 bits per heavy atom. The summed E-state index contributed by atoms with van der Waals surface area (Å²) >= 11 is 0. The van der Waals surface area contributed by atoms with E-state index in [0.29, 0.717) is 12.3 Å². The molecule has 96 valence electrons. The van der Waals surface area contributed by atoms with Crippen LogP contribution in [0.2, 0.25) is 0 Å². The quantitative estimate of drug-likeness (QED) is 0.870. The number of pyridine rings is 1. The summed E-state index contributed by atoms with van der Waals surface area (Å²) in [6, 6.07) is 3.80. The second kappa shape index (κ2) is 4.78. The molecule has 2 rings (SSSR count). The lowest BCUT2D eigenvalue weighted by molar-refractivity contribution is -0.126. The van der Waals surface area contributed by atoms with Gasteiger partial charge in [0.25, 0.3) is 0 Å². The van der Waals surface area contributed by atoms with Gasteiger partial charge in [-0.05, 0) is 26.0 Å². The van der Waals surface area contributed by atoms with Gasteiger partial charge >= 0.3 is 0 Å². The molecule has 0 aliphatic heterocycles. The first kappa shape index (κ1) is 12.6. The molecule has 2 aromatic heterocycles. The molecule has 0 unspecified atom stereocenters. The largest absolute Gasteiger partial charge is 0.384 e. The van der Waals surface area contributed by atoms with E-state index in [0.717, 1.165) is 11.0 Å². The van der Waals surface area contributed by atoms with Gasteiger partial charge in [-0.15, -0.1) is 0 Å². The number of nitrogens with one attached hydrogen (secondary N) is 2. The molecule has 0 fully saturated rings. The van der Waals surface area contributed by atoms with Crippen molar-refractivity contribution < 1.29 is 9.53 Å². The summed E-state index contributed by atoms with van der Waals surface area (Å²) in [5.74, 6) is -0.0824. The first-order chi connectivity index (χ1) is 8.53. The highest BCUT2D eigenvalue weighted by molar-refractivity contribution is 5.96. The molecular weight excluding hydrogens is 230 g/mol. The Labute approximate surface area is 106 Å². The van der Waals surface area contributed by atoms with E-state index in [1.807, 2.05) is 32.2 Å². The highest BCUT2D eigenvalue weighted by Crippen LogP contribution is 2.20. The Balaban J connectivity index is 2.15. The van der Waals surface area contributed by atoms with E-state index in [1.165, 1.54) is 0 Å². The lowest BCUT2D eigenvalue weighted by atomic mass is 9.93. The van der Waals surface area contributed by atoms with Crippen LogP contribution in [0.15, 0.2) is 24.5 Å². The number of amides is 1. The predicted molar refractivity (Wildman–Crippen MR) is 70.4 cm³/mol. The standard InChI is InChI=1S/C13H17N3O2/c1-13(2,8-18-3)12(17)16-10-6-9-4-5-14-11(9)15-7-10/h4-7H,8H2,1-3H3,(H,14,15)(H,16,17). The van der Waals surface area contributed by atoms with Gasteiger partial charge in [-0.1, -0.05) is 0 Å². The summed E-state index contributed by atoms with van der Waals surface area (Å²) < 4.78 is 5.04. The number of hydrogen-bond donors (Lipinski definition) is 2. The fraction of sp³-hybridized carbons (Fsp3) is 0.385. The normalized spacial score (nSPS) is 11.7. The second-order valence-electron chi connectivity index (χ2n) is 4.91. The van der Waals surface area contributed by atoms with Crippen LogP contribution in [0.5, 0.6) is 0 Å². The molecule has 1 amide bonds. The number of nitrogens with zero attached hydrogens (tertiary/aromatic N) is 1. The van der Waals surface area contributed by atoms with Gasteiger partial charge in [0.2, 0.25) is 5.91 Å². The molecule has 0 aliphatic rings. The molecular formula is C13H17N3O2. The number of carbonyl (C=O) groups is 1. The monoisotopic (exact) mass is 247 g/mol. The number of rotatable bonds is 4. The van der Waals surface area contributed by atoms with E-state index < -0.39 is 5.41 Å². The Hall–Kier alpha value is -1.88. The molecule has 2 aromatic rings. The number of aromatic amines is 1. The van der Waals surface area contributed by atoms with Crippen LogP contribution < -0.4 is 5.32 Å². The van der Waals surface area contributed by atoms with Crippen LogP contribution in [0.3, 0.4) is 0 Å². The molecule has 0 atom stereocenters. The van der Waals surface area contributed by atoms with Gasteiger partial charge in [0, 0.05) is 18.7 Å². The highest BCUT2D eigenvalue weighted by atomic mass is 16.5. The summed E-state index contributed by atoms with van der Waals surface area (Å²) in [6.07, 6.45) is 3.46. The van der Waals surface area contributed by atoms with E-state index in [9.17, 15) is 4.79 Å². The first-order valence-corrected chi connectivity index (χ1v) is 5.76. The summed E-state index contributed by atoms with van der Waals surface area (Å²) in [6.45, 7) is 4.06. The molecule has 0 saturated heterocycles. The van der Waals surface area contributed by atoms with Crippen molar-refractivity contribution in [2.45, 2.75) is 13.8 Å². The number of H-pyrrole nitrogens is 1. The van der Waals surface area contributed by atoms with Crippen LogP contribution in [0.4, 0.5) is 5.69 Å². The van der Waals surface area contributed by atoms with E-state index in [2.05, 4.69) is 15.3 Å². The van der Waals surface area contributed by atoms with E-state index >= 15 is 0 Å². The third-order valence-electron chi connectivity index (χ3n) is 2.78. The maximum atomic E-state index is 12.1. The lowest BCUT2D eigenvalue weighted by Crippen LogP contribution is -2.34. The maximum absolute atomic E-state index is 12.1. The molecule has 5 heteroatoms. The van der Waals surface area contributed by atoms with Crippen LogP contribution in [-0.4, -0.2) is 29.6 Å². The third-order valence-corrected chi connectivity index (χ3v) is 2.78. The van der Waals surface area contributed by atoms with Crippen LogP contribution in [0, 0.1) is 5.41 Å². The zero-order chi connectivity index (χ0) is 13.2. The molecule has 2 heterocycles. The second-order valence-corrected chi connectivity index (χ2v) is 4.91. The van der Waals surface area contributed by atoms with Gasteiger partial charge in [0.1, 0.15) is 5.65 Å². The Morgan fingerprint density at radius 1 is 1.56 bits per heavy atom. The van der Waals surface area contributed by atoms with Crippen molar-refractivity contribution in [3.63, 3.8) is 0 Å². The minimum Gasteiger partial charge on any atom is -0.384 e. The summed E-state index contributed by atoms with van der Waals surface area (Å²) in [5, 5.41) is 3.82. The molecule has 5 nitrogen and oxygen atoms in total. The van der Waals surface area contributed by atoms with Crippen molar-refractivity contribution in [2.24, 2.45) is 5.41 Å². The topological polar surface area (TPSA) is 67.0 Å². The van der Waals surface area contributed by atoms with Crippen LogP contribution in [0.1, 0.15) is 13.8 Å². The molecule has 0 spiro atoms. The van der Waals surface area contributed by atoms with Crippen LogP contribution >= 0.6 is 0 Å². The van der Waals surface area contributed by atoms with Gasteiger partial charge < -0.3 is 15.0 Å².